The third kappa shape index (κ3) is 2.43. The summed E-state index contributed by atoms with van der Waals surface area (Å²) in [6.07, 6.45) is 0. The maximum atomic E-state index is 5.96. The summed E-state index contributed by atoms with van der Waals surface area (Å²) in [7, 11) is 0. The van der Waals surface area contributed by atoms with Crippen molar-refractivity contribution in [1.29, 1.82) is 0 Å². The maximum Gasteiger partial charge on any atom is 0.0352 e. The van der Waals surface area contributed by atoms with Crippen molar-refractivity contribution in [2.45, 2.75) is 26.3 Å². The van der Waals surface area contributed by atoms with Crippen molar-refractivity contribution in [3.05, 3.63) is 42.0 Å². The van der Waals surface area contributed by atoms with E-state index in [4.69, 9.17) is 5.73 Å². The first-order valence-electron chi connectivity index (χ1n) is 4.46. The second-order valence-electron chi connectivity index (χ2n) is 4.08. The van der Waals surface area contributed by atoms with Crippen molar-refractivity contribution in [3.63, 3.8) is 0 Å². The Bertz CT molecular complexity index is 301. The second-order valence-corrected chi connectivity index (χ2v) is 4.08. The Morgan fingerprint density at radius 3 is 2.00 bits per heavy atom. The van der Waals surface area contributed by atoms with Crippen LogP contribution in [-0.4, -0.2) is 0 Å². The average Bonchev–Trinajstić information content (AvgIpc) is 2.03. The minimum Gasteiger partial charge on any atom is -0.322 e. The van der Waals surface area contributed by atoms with Crippen molar-refractivity contribution in [2.75, 3.05) is 0 Å². The summed E-state index contributed by atoms with van der Waals surface area (Å²) in [5.74, 6) is 0. The molecule has 0 saturated heterocycles. The predicted molar refractivity (Wildman–Crippen MR) is 58.4 cm³/mol. The standard InChI is InChI=1S/C12H17N/c1-9(2)10-5-7-11(8-6-10)12(3,4)13/h5-8H,1,13H2,2-4H3. The molecule has 0 heterocycles. The zero-order chi connectivity index (χ0) is 10.1. The molecule has 1 aromatic rings. The molecule has 0 aliphatic heterocycles. The van der Waals surface area contributed by atoms with E-state index in [9.17, 15) is 0 Å². The molecule has 1 nitrogen and oxygen atoms in total. The van der Waals surface area contributed by atoms with Crippen LogP contribution in [0.15, 0.2) is 30.8 Å². The van der Waals surface area contributed by atoms with Gasteiger partial charge in [0.2, 0.25) is 0 Å². The molecule has 0 unspecified atom stereocenters. The Kier molecular flexibility index (Phi) is 2.58. The molecule has 0 atom stereocenters. The summed E-state index contributed by atoms with van der Waals surface area (Å²) in [4.78, 5) is 0. The fraction of sp³-hybridized carbons (Fsp3) is 0.333. The van der Waals surface area contributed by atoms with E-state index in [1.807, 2.05) is 20.8 Å². The number of nitrogens with two attached hydrogens (primary N) is 1. The SMILES string of the molecule is C=C(C)c1ccc(C(C)(C)N)cc1. The van der Waals surface area contributed by atoms with Crippen LogP contribution in [0.1, 0.15) is 31.9 Å². The van der Waals surface area contributed by atoms with Crippen LogP contribution in [0.3, 0.4) is 0 Å². The van der Waals surface area contributed by atoms with Crippen LogP contribution in [0.2, 0.25) is 0 Å². The van der Waals surface area contributed by atoms with Gasteiger partial charge in [0.05, 0.1) is 0 Å². The Morgan fingerprint density at radius 2 is 1.69 bits per heavy atom. The second kappa shape index (κ2) is 3.35. The van der Waals surface area contributed by atoms with E-state index in [1.165, 1.54) is 5.56 Å². The highest BCUT2D eigenvalue weighted by molar-refractivity contribution is 5.61. The molecule has 1 heteroatoms. The smallest absolute Gasteiger partial charge is 0.0352 e. The van der Waals surface area contributed by atoms with Gasteiger partial charge in [-0.05, 0) is 31.9 Å². The van der Waals surface area contributed by atoms with E-state index < -0.39 is 0 Å². The fourth-order valence-electron chi connectivity index (χ4n) is 1.18. The average molecular weight is 175 g/mol. The van der Waals surface area contributed by atoms with E-state index in [-0.39, 0.29) is 5.54 Å². The monoisotopic (exact) mass is 175 g/mol. The van der Waals surface area contributed by atoms with Crippen molar-refractivity contribution in [1.82, 2.24) is 0 Å². The highest BCUT2D eigenvalue weighted by Gasteiger charge is 2.12. The molecular formula is C12H17N. The number of hydrogen-bond donors (Lipinski definition) is 1. The van der Waals surface area contributed by atoms with Crippen molar-refractivity contribution < 1.29 is 0 Å². The summed E-state index contributed by atoms with van der Waals surface area (Å²) in [5.41, 5.74) is 9.11. The van der Waals surface area contributed by atoms with Crippen molar-refractivity contribution in [2.24, 2.45) is 5.73 Å². The highest BCUT2D eigenvalue weighted by Crippen LogP contribution is 2.19. The van der Waals surface area contributed by atoms with Gasteiger partial charge in [-0.1, -0.05) is 36.4 Å². The van der Waals surface area contributed by atoms with Gasteiger partial charge in [0.15, 0.2) is 0 Å². The molecule has 13 heavy (non-hydrogen) atoms. The predicted octanol–water partition coefficient (Wildman–Crippen LogP) is 2.91. The van der Waals surface area contributed by atoms with Gasteiger partial charge in [0.25, 0.3) is 0 Å². The number of allylic oxidation sites excluding steroid dienone is 1. The van der Waals surface area contributed by atoms with E-state index in [2.05, 4.69) is 30.8 Å². The maximum absolute atomic E-state index is 5.96. The van der Waals surface area contributed by atoms with Gasteiger partial charge < -0.3 is 5.73 Å². The summed E-state index contributed by atoms with van der Waals surface area (Å²) in [6.45, 7) is 9.89. The van der Waals surface area contributed by atoms with Crippen LogP contribution in [0.5, 0.6) is 0 Å². The number of hydrogen-bond acceptors (Lipinski definition) is 1. The van der Waals surface area contributed by atoms with Crippen LogP contribution in [0.4, 0.5) is 0 Å². The molecule has 2 N–H and O–H groups in total. The van der Waals surface area contributed by atoms with Crippen LogP contribution in [0, 0.1) is 0 Å². The van der Waals surface area contributed by atoms with Gasteiger partial charge >= 0.3 is 0 Å². The molecule has 1 rings (SSSR count). The Morgan fingerprint density at radius 1 is 1.23 bits per heavy atom. The third-order valence-electron chi connectivity index (χ3n) is 2.12. The van der Waals surface area contributed by atoms with Crippen LogP contribution >= 0.6 is 0 Å². The van der Waals surface area contributed by atoms with E-state index >= 15 is 0 Å². The lowest BCUT2D eigenvalue weighted by Gasteiger charge is -2.19. The molecule has 0 aliphatic rings. The molecule has 0 saturated carbocycles. The molecule has 70 valence electrons. The molecule has 0 aromatic heterocycles. The van der Waals surface area contributed by atoms with Gasteiger partial charge in [0, 0.05) is 5.54 Å². The first-order valence-corrected chi connectivity index (χ1v) is 4.46. The molecule has 1 aromatic carbocycles. The minimum absolute atomic E-state index is 0.256. The fourth-order valence-corrected chi connectivity index (χ4v) is 1.18. The molecule has 0 fully saturated rings. The summed E-state index contributed by atoms with van der Waals surface area (Å²) in [5, 5.41) is 0. The van der Waals surface area contributed by atoms with E-state index in [0.717, 1.165) is 11.1 Å². The minimum atomic E-state index is -0.256. The van der Waals surface area contributed by atoms with Gasteiger partial charge in [-0.2, -0.15) is 0 Å². The van der Waals surface area contributed by atoms with E-state index in [1.54, 1.807) is 0 Å². The largest absolute Gasteiger partial charge is 0.322 e. The van der Waals surface area contributed by atoms with Crippen molar-refractivity contribution >= 4 is 5.57 Å². The highest BCUT2D eigenvalue weighted by atomic mass is 14.7. The van der Waals surface area contributed by atoms with Crippen LogP contribution < -0.4 is 5.73 Å². The van der Waals surface area contributed by atoms with Gasteiger partial charge in [0.1, 0.15) is 0 Å². The Hall–Kier alpha value is -1.08. The molecule has 0 aliphatic carbocycles. The third-order valence-corrected chi connectivity index (χ3v) is 2.12. The van der Waals surface area contributed by atoms with Crippen LogP contribution in [0.25, 0.3) is 5.57 Å². The molecule has 0 bridgehead atoms. The Labute approximate surface area is 80.3 Å². The summed E-state index contributed by atoms with van der Waals surface area (Å²) < 4.78 is 0. The zero-order valence-electron chi connectivity index (χ0n) is 8.59. The molecule has 0 radical (unpaired) electrons. The van der Waals surface area contributed by atoms with Crippen LogP contribution in [-0.2, 0) is 5.54 Å². The quantitative estimate of drug-likeness (QED) is 0.734. The molecular weight excluding hydrogens is 158 g/mol. The van der Waals surface area contributed by atoms with Crippen molar-refractivity contribution in [3.8, 4) is 0 Å². The zero-order valence-corrected chi connectivity index (χ0v) is 8.59. The number of rotatable bonds is 2. The first-order chi connectivity index (χ1) is 5.91. The summed E-state index contributed by atoms with van der Waals surface area (Å²) in [6, 6.07) is 8.24. The Balaban J connectivity index is 3.01. The topological polar surface area (TPSA) is 26.0 Å². The molecule has 0 amide bonds. The lowest BCUT2D eigenvalue weighted by atomic mass is 9.94. The molecule has 0 spiro atoms. The number of benzene rings is 1. The van der Waals surface area contributed by atoms with E-state index in [0.29, 0.717) is 0 Å². The lowest BCUT2D eigenvalue weighted by Crippen LogP contribution is -2.28. The van der Waals surface area contributed by atoms with Gasteiger partial charge in [-0.15, -0.1) is 0 Å². The normalized spacial score (nSPS) is 11.4. The summed E-state index contributed by atoms with van der Waals surface area (Å²) >= 11 is 0. The lowest BCUT2D eigenvalue weighted by molar-refractivity contribution is 0.554. The van der Waals surface area contributed by atoms with Gasteiger partial charge in [-0.3, -0.25) is 0 Å². The van der Waals surface area contributed by atoms with Gasteiger partial charge in [-0.25, -0.2) is 0 Å². The first kappa shape index (κ1) is 10.0.